The molecule has 2 heterocycles. The van der Waals surface area contributed by atoms with E-state index < -0.39 is 10.8 Å². The molecule has 2 N–H and O–H groups in total. The molecule has 1 fully saturated rings. The lowest BCUT2D eigenvalue weighted by Crippen LogP contribution is -2.34. The van der Waals surface area contributed by atoms with Gasteiger partial charge in [0.2, 0.25) is 0 Å². The summed E-state index contributed by atoms with van der Waals surface area (Å²) in [6, 6.07) is 24.7. The Labute approximate surface area is 189 Å². The summed E-state index contributed by atoms with van der Waals surface area (Å²) in [5.74, 6) is 1.23. The first-order chi connectivity index (χ1) is 15.7. The van der Waals surface area contributed by atoms with Gasteiger partial charge in [0, 0.05) is 17.1 Å². The normalized spacial score (nSPS) is 16.9. The van der Waals surface area contributed by atoms with Gasteiger partial charge in [-0.25, -0.2) is 9.78 Å². The molecule has 5 rings (SSSR count). The number of aromatic amines is 1. The number of amides is 2. The van der Waals surface area contributed by atoms with Crippen LogP contribution in [-0.2, 0) is 16.6 Å². The number of hydrogen-bond donors (Lipinski definition) is 2. The van der Waals surface area contributed by atoms with Crippen molar-refractivity contribution >= 4 is 33.6 Å². The van der Waals surface area contributed by atoms with Crippen molar-refractivity contribution in [2.75, 3.05) is 11.9 Å². The van der Waals surface area contributed by atoms with E-state index >= 15 is 0 Å². The molecule has 1 aliphatic heterocycles. The Kier molecular flexibility index (Phi) is 5.73. The number of carbonyl (C=O) groups is 1. The van der Waals surface area contributed by atoms with Crippen molar-refractivity contribution in [2.24, 2.45) is 0 Å². The SMILES string of the molecule is O=C(Nc1cccc(CS(=O)c2ccccc2)c1)N1CCCC1c1nc2ccccc2[nH]1. The van der Waals surface area contributed by atoms with Gasteiger partial charge in [0.15, 0.2) is 0 Å². The summed E-state index contributed by atoms with van der Waals surface area (Å²) in [6.45, 7) is 0.686. The van der Waals surface area contributed by atoms with Gasteiger partial charge in [0.1, 0.15) is 5.82 Å². The average molecular weight is 445 g/mol. The van der Waals surface area contributed by atoms with E-state index in [1.807, 2.05) is 83.8 Å². The summed E-state index contributed by atoms with van der Waals surface area (Å²) in [5, 5.41) is 3.02. The molecule has 0 bridgehead atoms. The molecule has 1 saturated heterocycles. The molecule has 2 atom stereocenters. The molecule has 3 aromatic carbocycles. The molecule has 7 heteroatoms. The van der Waals surface area contributed by atoms with Crippen molar-refractivity contribution in [3.8, 4) is 0 Å². The van der Waals surface area contributed by atoms with Crippen molar-refractivity contribution < 1.29 is 9.00 Å². The zero-order valence-electron chi connectivity index (χ0n) is 17.5. The predicted molar refractivity (Wildman–Crippen MR) is 127 cm³/mol. The Morgan fingerprint density at radius 3 is 2.72 bits per heavy atom. The average Bonchev–Trinajstić information content (AvgIpc) is 3.47. The van der Waals surface area contributed by atoms with E-state index in [1.165, 1.54) is 0 Å². The van der Waals surface area contributed by atoms with Gasteiger partial charge in [0.25, 0.3) is 0 Å². The van der Waals surface area contributed by atoms with Gasteiger partial charge in [-0.15, -0.1) is 0 Å². The molecular formula is C25H24N4O2S. The maximum absolute atomic E-state index is 13.1. The molecule has 4 aromatic rings. The summed E-state index contributed by atoms with van der Waals surface area (Å²) in [5.41, 5.74) is 3.51. The maximum Gasteiger partial charge on any atom is 0.322 e. The van der Waals surface area contributed by atoms with Crippen molar-refractivity contribution in [3.05, 3.63) is 90.3 Å². The van der Waals surface area contributed by atoms with E-state index in [4.69, 9.17) is 4.98 Å². The number of H-pyrrole nitrogens is 1. The standard InChI is InChI=1S/C25H24N4O2S/c30-25(29-15-7-14-23(29)24-27-21-12-4-5-13-22(21)28-24)26-19-9-6-8-18(16-19)17-32(31)20-10-2-1-3-11-20/h1-6,8-13,16,23H,7,14-15,17H2,(H,26,30)(H,27,28). The Morgan fingerprint density at radius 1 is 1.06 bits per heavy atom. The Bertz CT molecular complexity index is 1240. The molecule has 6 nitrogen and oxygen atoms in total. The Morgan fingerprint density at radius 2 is 1.88 bits per heavy atom. The van der Waals surface area contributed by atoms with Crippen LogP contribution < -0.4 is 5.32 Å². The lowest BCUT2D eigenvalue weighted by atomic mass is 10.2. The topological polar surface area (TPSA) is 78.1 Å². The minimum Gasteiger partial charge on any atom is -0.340 e. The largest absolute Gasteiger partial charge is 0.340 e. The second-order valence-electron chi connectivity index (χ2n) is 7.92. The van der Waals surface area contributed by atoms with Crippen LogP contribution in [0.4, 0.5) is 10.5 Å². The number of aromatic nitrogens is 2. The molecule has 2 unspecified atom stereocenters. The minimum absolute atomic E-state index is 0.0730. The lowest BCUT2D eigenvalue weighted by Gasteiger charge is -2.23. The van der Waals surface area contributed by atoms with Crippen molar-refractivity contribution in [2.45, 2.75) is 29.5 Å². The van der Waals surface area contributed by atoms with E-state index in [-0.39, 0.29) is 12.1 Å². The molecular weight excluding hydrogens is 420 g/mol. The van der Waals surface area contributed by atoms with Gasteiger partial charge in [-0.3, -0.25) is 4.21 Å². The highest BCUT2D eigenvalue weighted by Crippen LogP contribution is 2.32. The number of hydrogen-bond acceptors (Lipinski definition) is 3. The van der Waals surface area contributed by atoms with E-state index in [0.717, 1.165) is 40.2 Å². The highest BCUT2D eigenvalue weighted by molar-refractivity contribution is 7.84. The number of likely N-dealkylation sites (tertiary alicyclic amines) is 1. The fourth-order valence-corrected chi connectivity index (χ4v) is 5.28. The van der Waals surface area contributed by atoms with Gasteiger partial charge in [-0.05, 0) is 54.8 Å². The lowest BCUT2D eigenvalue weighted by molar-refractivity contribution is 0.205. The van der Waals surface area contributed by atoms with Gasteiger partial charge >= 0.3 is 6.03 Å². The number of anilines is 1. The molecule has 0 saturated carbocycles. The van der Waals surface area contributed by atoms with Crippen LogP contribution in [0.3, 0.4) is 0 Å². The van der Waals surface area contributed by atoms with Crippen molar-refractivity contribution in [3.63, 3.8) is 0 Å². The molecule has 0 spiro atoms. The van der Waals surface area contributed by atoms with E-state index in [0.29, 0.717) is 18.0 Å². The number of nitrogens with one attached hydrogen (secondary N) is 2. The highest BCUT2D eigenvalue weighted by Gasteiger charge is 2.32. The van der Waals surface area contributed by atoms with Crippen molar-refractivity contribution in [1.82, 2.24) is 14.9 Å². The van der Waals surface area contributed by atoms with Crippen LogP contribution in [0.25, 0.3) is 11.0 Å². The maximum atomic E-state index is 13.1. The molecule has 32 heavy (non-hydrogen) atoms. The second-order valence-corrected chi connectivity index (χ2v) is 9.38. The van der Waals surface area contributed by atoms with E-state index in [2.05, 4.69) is 10.3 Å². The van der Waals surface area contributed by atoms with Gasteiger partial charge < -0.3 is 15.2 Å². The van der Waals surface area contributed by atoms with Crippen LogP contribution in [0, 0.1) is 0 Å². The molecule has 1 aromatic heterocycles. The molecule has 0 radical (unpaired) electrons. The number of rotatable bonds is 5. The number of carbonyl (C=O) groups excluding carboxylic acids is 1. The van der Waals surface area contributed by atoms with Gasteiger partial charge in [-0.2, -0.15) is 0 Å². The third-order valence-corrected chi connectivity index (χ3v) is 7.11. The zero-order valence-corrected chi connectivity index (χ0v) is 18.3. The number of benzene rings is 3. The third kappa shape index (κ3) is 4.29. The minimum atomic E-state index is -1.13. The van der Waals surface area contributed by atoms with Gasteiger partial charge in [0.05, 0.1) is 33.6 Å². The number of imidazole rings is 1. The molecule has 2 amide bonds. The monoisotopic (exact) mass is 444 g/mol. The smallest absolute Gasteiger partial charge is 0.322 e. The Hall–Kier alpha value is -3.45. The summed E-state index contributed by atoms with van der Waals surface area (Å²) in [7, 11) is -1.13. The highest BCUT2D eigenvalue weighted by atomic mass is 32.2. The first-order valence-corrected chi connectivity index (χ1v) is 12.0. The van der Waals surface area contributed by atoms with E-state index in [1.54, 1.807) is 0 Å². The second kappa shape index (κ2) is 8.96. The van der Waals surface area contributed by atoms with Crippen LogP contribution in [0.1, 0.15) is 30.3 Å². The zero-order chi connectivity index (χ0) is 21.9. The Balaban J connectivity index is 1.29. The van der Waals surface area contributed by atoms with Crippen LogP contribution in [0.2, 0.25) is 0 Å². The van der Waals surface area contributed by atoms with Crippen molar-refractivity contribution in [1.29, 1.82) is 0 Å². The summed E-state index contributed by atoms with van der Waals surface area (Å²) in [4.78, 5) is 23.8. The third-order valence-electron chi connectivity index (χ3n) is 5.72. The van der Waals surface area contributed by atoms with Crippen LogP contribution in [-0.4, -0.2) is 31.7 Å². The predicted octanol–water partition coefficient (Wildman–Crippen LogP) is 5.24. The summed E-state index contributed by atoms with van der Waals surface area (Å²) in [6.07, 6.45) is 1.81. The number of urea groups is 1. The van der Waals surface area contributed by atoms with Crippen LogP contribution >= 0.6 is 0 Å². The number of para-hydroxylation sites is 2. The fourth-order valence-electron chi connectivity index (χ4n) is 4.17. The van der Waals surface area contributed by atoms with Crippen LogP contribution in [0.5, 0.6) is 0 Å². The quantitative estimate of drug-likeness (QED) is 0.442. The number of fused-ring (bicyclic) bond motifs is 1. The summed E-state index contributed by atoms with van der Waals surface area (Å²) >= 11 is 0. The summed E-state index contributed by atoms with van der Waals surface area (Å²) < 4.78 is 12.6. The van der Waals surface area contributed by atoms with E-state index in [9.17, 15) is 9.00 Å². The number of nitrogens with zero attached hydrogens (tertiary/aromatic N) is 2. The molecule has 0 aliphatic carbocycles. The van der Waals surface area contributed by atoms with Crippen LogP contribution in [0.15, 0.2) is 83.8 Å². The molecule has 162 valence electrons. The first kappa shape index (κ1) is 20.5. The van der Waals surface area contributed by atoms with Gasteiger partial charge in [-0.1, -0.05) is 42.5 Å². The first-order valence-electron chi connectivity index (χ1n) is 10.7. The fraction of sp³-hybridized carbons (Fsp3) is 0.200. The molecule has 1 aliphatic rings.